The minimum absolute atomic E-state index is 0.0988. The lowest BCUT2D eigenvalue weighted by atomic mass is 10.1. The number of amides is 2. The van der Waals surface area contributed by atoms with E-state index in [1.807, 2.05) is 36.4 Å². The third-order valence-electron chi connectivity index (χ3n) is 4.89. The maximum atomic E-state index is 12.4. The second kappa shape index (κ2) is 10.1. The lowest BCUT2D eigenvalue weighted by molar-refractivity contribution is 0.0846. The number of thioether (sulfide) groups is 1. The first-order chi connectivity index (χ1) is 16.3. The molecule has 3 aromatic carbocycles. The number of nitrogens with zero attached hydrogens (tertiary/aromatic N) is 1. The molecule has 0 unspecified atom stereocenters. The normalized spacial score (nSPS) is 11.3. The molecule has 0 atom stereocenters. The molecule has 0 spiro atoms. The van der Waals surface area contributed by atoms with Crippen molar-refractivity contribution in [3.63, 3.8) is 0 Å². The van der Waals surface area contributed by atoms with E-state index < -0.39 is 21.7 Å². The highest BCUT2D eigenvalue weighted by molar-refractivity contribution is 7.98. The zero-order valence-corrected chi connectivity index (χ0v) is 19.9. The number of para-hydroxylation sites is 2. The molecule has 4 aromatic rings. The van der Waals surface area contributed by atoms with Crippen molar-refractivity contribution in [3.05, 3.63) is 95.1 Å². The molecule has 0 bridgehead atoms. The van der Waals surface area contributed by atoms with Crippen molar-refractivity contribution >= 4 is 44.4 Å². The van der Waals surface area contributed by atoms with Crippen LogP contribution in [0.2, 0.25) is 0 Å². The first-order valence-electron chi connectivity index (χ1n) is 10.3. The Morgan fingerprint density at radius 1 is 0.853 bits per heavy atom. The number of benzene rings is 3. The molecular weight excluding hydrogens is 472 g/mol. The van der Waals surface area contributed by atoms with Crippen LogP contribution < -0.4 is 10.9 Å². The van der Waals surface area contributed by atoms with E-state index in [2.05, 4.69) is 20.8 Å². The summed E-state index contributed by atoms with van der Waals surface area (Å²) in [4.78, 5) is 32.4. The summed E-state index contributed by atoms with van der Waals surface area (Å²) in [5.74, 6) is -0.358. The van der Waals surface area contributed by atoms with Gasteiger partial charge in [0.1, 0.15) is 0 Å². The lowest BCUT2D eigenvalue weighted by Gasteiger charge is -2.08. The molecule has 4 rings (SSSR count). The fourth-order valence-corrected chi connectivity index (χ4v) is 4.85. The van der Waals surface area contributed by atoms with E-state index in [9.17, 15) is 18.0 Å². The predicted octanol–water partition coefficient (Wildman–Crippen LogP) is 3.47. The van der Waals surface area contributed by atoms with Crippen LogP contribution in [-0.4, -0.2) is 36.5 Å². The Hall–Kier alpha value is -3.63. The number of H-pyrrole nitrogens is 1. The van der Waals surface area contributed by atoms with Gasteiger partial charge in [0, 0.05) is 23.1 Å². The summed E-state index contributed by atoms with van der Waals surface area (Å²) >= 11 is 1.57. The van der Waals surface area contributed by atoms with E-state index in [1.165, 1.54) is 12.1 Å². The van der Waals surface area contributed by atoms with Crippen molar-refractivity contribution in [2.45, 2.75) is 16.7 Å². The van der Waals surface area contributed by atoms with Crippen LogP contribution in [0, 0.1) is 0 Å². The average Bonchev–Trinajstić information content (AvgIpc) is 3.24. The molecule has 0 aliphatic heterocycles. The number of carbonyl (C=O) groups excluding carboxylic acids is 2. The highest BCUT2D eigenvalue weighted by Crippen LogP contribution is 2.23. The summed E-state index contributed by atoms with van der Waals surface area (Å²) in [5, 5.41) is 0.829. The molecule has 0 saturated heterocycles. The van der Waals surface area contributed by atoms with Gasteiger partial charge in [-0.25, -0.2) is 13.4 Å². The molecule has 34 heavy (non-hydrogen) atoms. The maximum absolute atomic E-state index is 12.4. The van der Waals surface area contributed by atoms with Crippen molar-refractivity contribution in [1.29, 1.82) is 0 Å². The molecule has 2 amide bonds. The van der Waals surface area contributed by atoms with Gasteiger partial charge in [-0.2, -0.15) is 0 Å². The predicted molar refractivity (Wildman–Crippen MR) is 132 cm³/mol. The number of rotatable bonds is 7. The Kier molecular flexibility index (Phi) is 6.99. The van der Waals surface area contributed by atoms with Crippen molar-refractivity contribution in [2.24, 2.45) is 0 Å². The van der Waals surface area contributed by atoms with E-state index in [0.717, 1.165) is 28.0 Å². The van der Waals surface area contributed by atoms with Gasteiger partial charge in [-0.3, -0.25) is 20.4 Å². The molecule has 1 aromatic heterocycles. The van der Waals surface area contributed by atoms with Crippen LogP contribution in [0.5, 0.6) is 0 Å². The van der Waals surface area contributed by atoms with Gasteiger partial charge < -0.3 is 4.98 Å². The topological polar surface area (TPSA) is 121 Å². The fourth-order valence-electron chi connectivity index (χ4n) is 3.21. The Balaban J connectivity index is 1.28. The van der Waals surface area contributed by atoms with E-state index in [4.69, 9.17) is 0 Å². The van der Waals surface area contributed by atoms with Gasteiger partial charge in [0.15, 0.2) is 15.0 Å². The molecule has 0 saturated carbocycles. The number of hydrogen-bond donors (Lipinski definition) is 3. The molecule has 8 nitrogen and oxygen atoms in total. The summed E-state index contributed by atoms with van der Waals surface area (Å²) in [5.41, 5.74) is 8.98. The number of hydrogen-bond acceptors (Lipinski definition) is 6. The molecule has 174 valence electrons. The molecule has 0 aliphatic rings. The minimum Gasteiger partial charge on any atom is -0.333 e. The van der Waals surface area contributed by atoms with E-state index >= 15 is 0 Å². The molecule has 0 aliphatic carbocycles. The first-order valence-corrected chi connectivity index (χ1v) is 13.4. The number of imidazole rings is 1. The summed E-state index contributed by atoms with van der Waals surface area (Å²) in [7, 11) is -3.15. The van der Waals surface area contributed by atoms with Crippen LogP contribution >= 0.6 is 11.8 Å². The average molecular weight is 495 g/mol. The molecule has 1 heterocycles. The smallest absolute Gasteiger partial charge is 0.269 e. The number of fused-ring (bicyclic) bond motifs is 1. The summed E-state index contributed by atoms with van der Waals surface area (Å²) in [6.07, 6.45) is 1.15. The van der Waals surface area contributed by atoms with Gasteiger partial charge in [0.05, 0.1) is 16.8 Å². The quantitative estimate of drug-likeness (QED) is 0.267. The van der Waals surface area contributed by atoms with Crippen molar-refractivity contribution < 1.29 is 18.0 Å². The first kappa shape index (κ1) is 23.5. The SMILES string of the molecule is CS(=O)(=O)Cc1ccc(C(=O)NNC(=O)c2ccc(CSc3nc4ccccc4[nH]3)cc2)cc1. The van der Waals surface area contributed by atoms with Crippen LogP contribution in [0.4, 0.5) is 0 Å². The van der Waals surface area contributed by atoms with Crippen LogP contribution in [0.15, 0.2) is 78.0 Å². The summed E-state index contributed by atoms with van der Waals surface area (Å²) in [6.45, 7) is 0. The highest BCUT2D eigenvalue weighted by Gasteiger charge is 2.11. The molecular formula is C24H22N4O4S2. The molecule has 3 N–H and O–H groups in total. The number of aromatic nitrogens is 2. The number of nitrogens with one attached hydrogen (secondary N) is 3. The lowest BCUT2D eigenvalue weighted by Crippen LogP contribution is -2.41. The Morgan fingerprint density at radius 2 is 1.41 bits per heavy atom. The zero-order valence-electron chi connectivity index (χ0n) is 18.2. The fraction of sp³-hybridized carbons (Fsp3) is 0.125. The van der Waals surface area contributed by atoms with Crippen LogP contribution in [0.1, 0.15) is 31.8 Å². The standard InChI is InChI=1S/C24H22N4O4S2/c1-34(31,32)15-17-8-12-19(13-9-17)23(30)28-27-22(29)18-10-6-16(7-11-18)14-33-24-25-20-4-2-3-5-21(20)26-24/h2-13H,14-15H2,1H3,(H,25,26)(H,27,29)(H,28,30). The van der Waals surface area contributed by atoms with Gasteiger partial charge in [0.25, 0.3) is 11.8 Å². The van der Waals surface area contributed by atoms with Crippen LogP contribution in [0.3, 0.4) is 0 Å². The zero-order chi connectivity index (χ0) is 24.1. The third-order valence-corrected chi connectivity index (χ3v) is 6.70. The Labute approximate surface area is 201 Å². The van der Waals surface area contributed by atoms with Gasteiger partial charge in [-0.05, 0) is 47.5 Å². The van der Waals surface area contributed by atoms with Crippen LogP contribution in [0.25, 0.3) is 11.0 Å². The van der Waals surface area contributed by atoms with E-state index in [-0.39, 0.29) is 5.75 Å². The van der Waals surface area contributed by atoms with Gasteiger partial charge in [0.2, 0.25) is 0 Å². The Morgan fingerprint density at radius 3 is 1.97 bits per heavy atom. The maximum Gasteiger partial charge on any atom is 0.269 e. The highest BCUT2D eigenvalue weighted by atomic mass is 32.2. The largest absolute Gasteiger partial charge is 0.333 e. The van der Waals surface area contributed by atoms with Crippen LogP contribution in [-0.2, 0) is 21.3 Å². The van der Waals surface area contributed by atoms with Gasteiger partial charge >= 0.3 is 0 Å². The molecule has 0 fully saturated rings. The third kappa shape index (κ3) is 6.24. The minimum atomic E-state index is -3.15. The number of sulfone groups is 1. The summed E-state index contributed by atoms with van der Waals surface area (Å²) in [6, 6.07) is 21.1. The van der Waals surface area contributed by atoms with E-state index in [0.29, 0.717) is 22.4 Å². The molecule has 10 heteroatoms. The second-order valence-electron chi connectivity index (χ2n) is 7.72. The summed E-state index contributed by atoms with van der Waals surface area (Å²) < 4.78 is 22.7. The van der Waals surface area contributed by atoms with Crippen molar-refractivity contribution in [3.8, 4) is 0 Å². The molecule has 0 radical (unpaired) electrons. The van der Waals surface area contributed by atoms with E-state index in [1.54, 1.807) is 36.0 Å². The Bertz CT molecular complexity index is 1400. The van der Waals surface area contributed by atoms with Crippen molar-refractivity contribution in [2.75, 3.05) is 6.26 Å². The number of aromatic amines is 1. The number of carbonyl (C=O) groups is 2. The van der Waals surface area contributed by atoms with Gasteiger partial charge in [-0.1, -0.05) is 48.2 Å². The van der Waals surface area contributed by atoms with Crippen molar-refractivity contribution in [1.82, 2.24) is 20.8 Å². The van der Waals surface area contributed by atoms with Gasteiger partial charge in [-0.15, -0.1) is 0 Å². The monoisotopic (exact) mass is 494 g/mol. The second-order valence-corrected chi connectivity index (χ2v) is 10.8. The number of hydrazine groups is 1.